The number of hydrogen-bond acceptors (Lipinski definition) is 1. The minimum Gasteiger partial charge on any atom is -0.192 e. The molecule has 0 saturated carbocycles. The normalized spacial score (nSPS) is 9.18. The van der Waals surface area contributed by atoms with Crippen molar-refractivity contribution in [2.45, 2.75) is 11.4 Å². The molecule has 1 aromatic rings. The van der Waals surface area contributed by atoms with Crippen molar-refractivity contribution in [2.75, 3.05) is 0 Å². The van der Waals surface area contributed by atoms with Crippen LogP contribution in [-0.4, -0.2) is 0 Å². The minimum atomic E-state index is 0.805. The molecule has 0 fully saturated rings. The fourth-order valence-electron chi connectivity index (χ4n) is 0.911. The van der Waals surface area contributed by atoms with E-state index in [1.54, 1.807) is 0 Å². The predicted molar refractivity (Wildman–Crippen MR) is 53.6 cm³/mol. The van der Waals surface area contributed by atoms with Crippen LogP contribution in [0.4, 0.5) is 0 Å². The summed E-state index contributed by atoms with van der Waals surface area (Å²) >= 11 is 2.26. The Kier molecular flexibility index (Phi) is 2.89. The van der Waals surface area contributed by atoms with Crippen LogP contribution in [-0.2, 0) is 4.43 Å². The van der Waals surface area contributed by atoms with E-state index in [4.69, 9.17) is 5.26 Å². The third kappa shape index (κ3) is 1.93. The fraction of sp³-hybridized carbons (Fsp3) is 0.222. The Labute approximate surface area is 80.2 Å². The van der Waals surface area contributed by atoms with E-state index in [0.29, 0.717) is 0 Å². The number of nitrogens with zero attached hydrogens (tertiary/aromatic N) is 1. The van der Waals surface area contributed by atoms with Crippen LogP contribution in [0.1, 0.15) is 16.7 Å². The topological polar surface area (TPSA) is 23.8 Å². The van der Waals surface area contributed by atoms with Gasteiger partial charge in [0.2, 0.25) is 0 Å². The molecular weight excluding hydrogens is 249 g/mol. The Morgan fingerprint density at radius 3 is 2.82 bits per heavy atom. The minimum absolute atomic E-state index is 0.805. The first-order chi connectivity index (χ1) is 5.27. The largest absolute Gasteiger partial charge is 0.192 e. The zero-order chi connectivity index (χ0) is 8.27. The molecule has 0 radical (unpaired) electrons. The van der Waals surface area contributed by atoms with E-state index in [-0.39, 0.29) is 0 Å². The number of hydrogen-bond donors (Lipinski definition) is 0. The van der Waals surface area contributed by atoms with Gasteiger partial charge in [0.1, 0.15) is 0 Å². The molecule has 0 saturated heterocycles. The molecule has 56 valence electrons. The first kappa shape index (κ1) is 8.54. The van der Waals surface area contributed by atoms with E-state index in [1.165, 1.54) is 0 Å². The predicted octanol–water partition coefficient (Wildman–Crippen LogP) is 2.80. The molecule has 0 aliphatic heterocycles. The van der Waals surface area contributed by atoms with Gasteiger partial charge in [-0.25, -0.2) is 0 Å². The molecule has 2 heteroatoms. The number of nitriles is 1. The lowest BCUT2D eigenvalue weighted by Gasteiger charge is -1.99. The Balaban J connectivity index is 3.19. The molecule has 1 aromatic carbocycles. The van der Waals surface area contributed by atoms with Gasteiger partial charge in [-0.15, -0.1) is 0 Å². The second-order valence-corrected chi connectivity index (χ2v) is 3.17. The summed E-state index contributed by atoms with van der Waals surface area (Å²) < 4.78 is 0.904. The van der Waals surface area contributed by atoms with Crippen molar-refractivity contribution < 1.29 is 0 Å². The molecular formula is C9H8IN. The highest BCUT2D eigenvalue weighted by atomic mass is 127. The summed E-state index contributed by atoms with van der Waals surface area (Å²) in [5.74, 6) is 0. The van der Waals surface area contributed by atoms with Crippen molar-refractivity contribution in [1.29, 1.82) is 5.26 Å². The molecule has 0 N–H and O–H groups in total. The van der Waals surface area contributed by atoms with E-state index in [1.807, 2.05) is 25.1 Å². The van der Waals surface area contributed by atoms with E-state index < -0.39 is 0 Å². The lowest BCUT2D eigenvalue weighted by Crippen LogP contribution is -1.85. The van der Waals surface area contributed by atoms with Gasteiger partial charge in [-0.2, -0.15) is 5.26 Å². The van der Waals surface area contributed by atoms with Crippen LogP contribution in [0, 0.1) is 18.3 Å². The zero-order valence-electron chi connectivity index (χ0n) is 6.26. The van der Waals surface area contributed by atoms with Crippen molar-refractivity contribution >= 4 is 22.6 Å². The van der Waals surface area contributed by atoms with E-state index >= 15 is 0 Å². The SMILES string of the molecule is Cc1ccc(CI)c(C#N)c1. The van der Waals surface area contributed by atoms with Gasteiger partial charge >= 0.3 is 0 Å². The highest BCUT2D eigenvalue weighted by Gasteiger charge is 1.98. The van der Waals surface area contributed by atoms with Crippen LogP contribution in [0.2, 0.25) is 0 Å². The first-order valence-electron chi connectivity index (χ1n) is 3.33. The molecule has 1 nitrogen and oxygen atoms in total. The van der Waals surface area contributed by atoms with Gasteiger partial charge in [-0.05, 0) is 24.1 Å². The van der Waals surface area contributed by atoms with Gasteiger partial charge in [0.05, 0.1) is 11.6 Å². The molecule has 0 aromatic heterocycles. The van der Waals surface area contributed by atoms with Gasteiger partial charge in [-0.3, -0.25) is 0 Å². The highest BCUT2D eigenvalue weighted by molar-refractivity contribution is 14.1. The monoisotopic (exact) mass is 257 g/mol. The van der Waals surface area contributed by atoms with Crippen molar-refractivity contribution in [1.82, 2.24) is 0 Å². The Morgan fingerprint density at radius 2 is 2.27 bits per heavy atom. The molecule has 0 spiro atoms. The second kappa shape index (κ2) is 3.72. The van der Waals surface area contributed by atoms with Crippen LogP contribution in [0.3, 0.4) is 0 Å². The Morgan fingerprint density at radius 1 is 1.55 bits per heavy atom. The Bertz CT molecular complexity index is 299. The van der Waals surface area contributed by atoms with Gasteiger partial charge in [-0.1, -0.05) is 34.7 Å². The maximum Gasteiger partial charge on any atom is 0.0994 e. The summed E-state index contributed by atoms with van der Waals surface area (Å²) in [6.07, 6.45) is 0. The molecule has 0 unspecified atom stereocenters. The second-order valence-electron chi connectivity index (χ2n) is 2.41. The first-order valence-corrected chi connectivity index (χ1v) is 4.86. The van der Waals surface area contributed by atoms with Gasteiger partial charge in [0.15, 0.2) is 0 Å². The molecule has 11 heavy (non-hydrogen) atoms. The number of benzene rings is 1. The molecule has 0 atom stereocenters. The van der Waals surface area contributed by atoms with Crippen molar-refractivity contribution in [3.05, 3.63) is 34.9 Å². The smallest absolute Gasteiger partial charge is 0.0994 e. The lowest BCUT2D eigenvalue weighted by atomic mass is 10.1. The number of alkyl halides is 1. The van der Waals surface area contributed by atoms with E-state index in [2.05, 4.69) is 28.7 Å². The third-order valence-electron chi connectivity index (χ3n) is 1.53. The van der Waals surface area contributed by atoms with E-state index in [9.17, 15) is 0 Å². The molecule has 0 aliphatic rings. The number of rotatable bonds is 1. The molecule has 0 bridgehead atoms. The van der Waals surface area contributed by atoms with Crippen LogP contribution < -0.4 is 0 Å². The van der Waals surface area contributed by atoms with Crippen molar-refractivity contribution in [2.24, 2.45) is 0 Å². The summed E-state index contributed by atoms with van der Waals surface area (Å²) in [7, 11) is 0. The summed E-state index contributed by atoms with van der Waals surface area (Å²) in [6, 6.07) is 8.16. The molecule has 0 aliphatic carbocycles. The average Bonchev–Trinajstić information content (AvgIpc) is 2.04. The fourth-order valence-corrected chi connectivity index (χ4v) is 1.58. The van der Waals surface area contributed by atoms with Crippen LogP contribution in [0.25, 0.3) is 0 Å². The molecule has 0 heterocycles. The summed E-state index contributed by atoms with van der Waals surface area (Å²) in [6.45, 7) is 2.00. The summed E-state index contributed by atoms with van der Waals surface area (Å²) in [4.78, 5) is 0. The third-order valence-corrected chi connectivity index (χ3v) is 2.35. The van der Waals surface area contributed by atoms with Gasteiger partial charge in [0, 0.05) is 4.43 Å². The highest BCUT2D eigenvalue weighted by Crippen LogP contribution is 2.13. The maximum atomic E-state index is 8.72. The quantitative estimate of drug-likeness (QED) is 0.560. The van der Waals surface area contributed by atoms with E-state index in [0.717, 1.165) is 21.1 Å². The van der Waals surface area contributed by atoms with Crippen LogP contribution >= 0.6 is 22.6 Å². The molecule has 1 rings (SSSR count). The summed E-state index contributed by atoms with van der Waals surface area (Å²) in [5.41, 5.74) is 3.08. The number of halogens is 1. The lowest BCUT2D eigenvalue weighted by molar-refractivity contribution is 1.34. The summed E-state index contributed by atoms with van der Waals surface area (Å²) in [5, 5.41) is 8.72. The van der Waals surface area contributed by atoms with Gasteiger partial charge < -0.3 is 0 Å². The van der Waals surface area contributed by atoms with Crippen LogP contribution in [0.15, 0.2) is 18.2 Å². The number of aryl methyl sites for hydroxylation is 1. The van der Waals surface area contributed by atoms with Crippen molar-refractivity contribution in [3.63, 3.8) is 0 Å². The standard InChI is InChI=1S/C9H8IN/c1-7-2-3-8(5-10)9(4-7)6-11/h2-4H,5H2,1H3. The Hall–Kier alpha value is -0.560. The molecule has 0 amide bonds. The van der Waals surface area contributed by atoms with Gasteiger partial charge in [0.25, 0.3) is 0 Å². The van der Waals surface area contributed by atoms with Crippen molar-refractivity contribution in [3.8, 4) is 6.07 Å². The average molecular weight is 257 g/mol. The van der Waals surface area contributed by atoms with Crippen LogP contribution in [0.5, 0.6) is 0 Å². The zero-order valence-corrected chi connectivity index (χ0v) is 8.42. The maximum absolute atomic E-state index is 8.72.